The van der Waals surface area contributed by atoms with Crippen molar-refractivity contribution in [2.75, 3.05) is 0 Å². The van der Waals surface area contributed by atoms with Crippen LogP contribution in [0.1, 0.15) is 12.0 Å². The quantitative estimate of drug-likeness (QED) is 0.917. The third-order valence-corrected chi connectivity index (χ3v) is 2.87. The molecule has 1 heterocycles. The molecule has 0 aromatic carbocycles. The van der Waals surface area contributed by atoms with Crippen molar-refractivity contribution in [2.24, 2.45) is 0 Å². The molecule has 0 aliphatic heterocycles. The van der Waals surface area contributed by atoms with Crippen LogP contribution in [0.25, 0.3) is 0 Å². The number of hydrogen-bond acceptors (Lipinski definition) is 2. The topological polar surface area (TPSA) is 37.3 Å². The van der Waals surface area contributed by atoms with Gasteiger partial charge in [-0.1, -0.05) is 0 Å². The maximum Gasteiger partial charge on any atom is 0.309 e. The molecule has 6 heteroatoms. The molecule has 0 radical (unpaired) electrons. The Morgan fingerprint density at radius 3 is 2.69 bits per heavy atom. The number of carbonyl (C=O) groups is 1. The van der Waals surface area contributed by atoms with Gasteiger partial charge in [0, 0.05) is 10.9 Å². The minimum atomic E-state index is -3.28. The number of carboxylic acids is 1. The molecular weight excluding hydrogens is 266 g/mol. The second kappa shape index (κ2) is 3.71. The van der Waals surface area contributed by atoms with Gasteiger partial charge in [-0.3, -0.25) is 4.79 Å². The van der Waals surface area contributed by atoms with Gasteiger partial charge in [0.05, 0.1) is 3.79 Å². The van der Waals surface area contributed by atoms with E-state index in [1.165, 1.54) is 11.4 Å². The van der Waals surface area contributed by atoms with Crippen LogP contribution >= 0.6 is 27.3 Å². The van der Waals surface area contributed by atoms with E-state index in [1.807, 2.05) is 0 Å². The summed E-state index contributed by atoms with van der Waals surface area (Å²) < 4.78 is 26.6. The Morgan fingerprint density at radius 1 is 1.69 bits per heavy atom. The maximum atomic E-state index is 13.0. The minimum absolute atomic E-state index is 0.258. The molecule has 72 valence electrons. The van der Waals surface area contributed by atoms with E-state index in [1.54, 1.807) is 0 Å². The molecule has 0 atom stereocenters. The van der Waals surface area contributed by atoms with E-state index in [0.29, 0.717) is 3.79 Å². The third kappa shape index (κ3) is 2.73. The average molecular weight is 271 g/mol. The number of hydrogen-bond donors (Lipinski definition) is 1. The van der Waals surface area contributed by atoms with Crippen molar-refractivity contribution in [1.82, 2.24) is 0 Å². The lowest BCUT2D eigenvalue weighted by Crippen LogP contribution is -2.17. The Morgan fingerprint density at radius 2 is 2.31 bits per heavy atom. The first-order chi connectivity index (χ1) is 5.92. The van der Waals surface area contributed by atoms with Gasteiger partial charge in [-0.2, -0.15) is 0 Å². The minimum Gasteiger partial charge on any atom is -0.481 e. The summed E-state index contributed by atoms with van der Waals surface area (Å²) in [6.45, 7) is 0. The Bertz CT molecular complexity index is 324. The van der Waals surface area contributed by atoms with Gasteiger partial charge in [0.2, 0.25) is 0 Å². The van der Waals surface area contributed by atoms with Crippen molar-refractivity contribution in [3.63, 3.8) is 0 Å². The Balaban J connectivity index is 2.86. The van der Waals surface area contributed by atoms with Gasteiger partial charge in [0.25, 0.3) is 5.92 Å². The molecule has 0 unspecified atom stereocenters. The summed E-state index contributed by atoms with van der Waals surface area (Å²) in [6, 6.07) is 1.23. The number of halogens is 3. The molecular formula is C7H5BrF2O2S. The van der Waals surface area contributed by atoms with E-state index in [2.05, 4.69) is 15.9 Å². The highest BCUT2D eigenvalue weighted by atomic mass is 79.9. The third-order valence-electron chi connectivity index (χ3n) is 1.36. The van der Waals surface area contributed by atoms with Gasteiger partial charge in [-0.25, -0.2) is 8.78 Å². The molecule has 1 aromatic heterocycles. The fourth-order valence-corrected chi connectivity index (χ4v) is 2.00. The van der Waals surface area contributed by atoms with E-state index in [9.17, 15) is 13.6 Å². The van der Waals surface area contributed by atoms with Crippen LogP contribution in [0, 0.1) is 0 Å². The highest BCUT2D eigenvalue weighted by Gasteiger charge is 2.35. The SMILES string of the molecule is O=C(O)CC(F)(F)c1csc(Br)c1. The monoisotopic (exact) mass is 270 g/mol. The summed E-state index contributed by atoms with van der Waals surface area (Å²) in [6.07, 6.45) is -1.17. The fourth-order valence-electron chi connectivity index (χ4n) is 0.794. The second-order valence-corrected chi connectivity index (χ2v) is 4.70. The fraction of sp³-hybridized carbons (Fsp3) is 0.286. The summed E-state index contributed by atoms with van der Waals surface area (Å²) in [5.74, 6) is -4.79. The first-order valence-electron chi connectivity index (χ1n) is 3.26. The molecule has 0 spiro atoms. The van der Waals surface area contributed by atoms with Gasteiger partial charge in [-0.15, -0.1) is 11.3 Å². The van der Waals surface area contributed by atoms with E-state index < -0.39 is 18.3 Å². The summed E-state index contributed by atoms with van der Waals surface area (Å²) >= 11 is 4.13. The smallest absolute Gasteiger partial charge is 0.309 e. The first-order valence-corrected chi connectivity index (χ1v) is 4.93. The van der Waals surface area contributed by atoms with Gasteiger partial charge < -0.3 is 5.11 Å². The van der Waals surface area contributed by atoms with Crippen molar-refractivity contribution in [1.29, 1.82) is 0 Å². The molecule has 0 amide bonds. The lowest BCUT2D eigenvalue weighted by Gasteiger charge is -2.11. The Kier molecular flexibility index (Phi) is 3.02. The Hall–Kier alpha value is -0.490. The van der Waals surface area contributed by atoms with E-state index in [-0.39, 0.29) is 5.56 Å². The molecule has 0 saturated heterocycles. The second-order valence-electron chi connectivity index (χ2n) is 2.41. The van der Waals surface area contributed by atoms with Crippen LogP contribution in [0.5, 0.6) is 0 Å². The van der Waals surface area contributed by atoms with Crippen molar-refractivity contribution >= 4 is 33.2 Å². The Labute approximate surface area is 85.3 Å². The van der Waals surface area contributed by atoms with Crippen LogP contribution in [-0.4, -0.2) is 11.1 Å². The average Bonchev–Trinajstić information content (AvgIpc) is 2.32. The summed E-state index contributed by atoms with van der Waals surface area (Å²) in [5.41, 5.74) is -0.258. The highest BCUT2D eigenvalue weighted by Crippen LogP contribution is 2.35. The van der Waals surface area contributed by atoms with E-state index in [0.717, 1.165) is 11.3 Å². The number of thiophene rings is 1. The first kappa shape index (κ1) is 10.6. The molecule has 1 aromatic rings. The zero-order valence-corrected chi connectivity index (χ0v) is 8.66. The summed E-state index contributed by atoms with van der Waals surface area (Å²) in [4.78, 5) is 10.1. The molecule has 0 bridgehead atoms. The molecule has 2 nitrogen and oxygen atoms in total. The zero-order valence-electron chi connectivity index (χ0n) is 6.26. The van der Waals surface area contributed by atoms with Crippen molar-refractivity contribution < 1.29 is 18.7 Å². The van der Waals surface area contributed by atoms with Crippen molar-refractivity contribution in [2.45, 2.75) is 12.3 Å². The summed E-state index contributed by atoms with van der Waals surface area (Å²) in [5, 5.41) is 9.47. The van der Waals surface area contributed by atoms with Gasteiger partial charge in [0.15, 0.2) is 0 Å². The van der Waals surface area contributed by atoms with Crippen LogP contribution in [-0.2, 0) is 10.7 Å². The van der Waals surface area contributed by atoms with Gasteiger partial charge >= 0.3 is 5.97 Å². The maximum absolute atomic E-state index is 13.0. The standard InChI is InChI=1S/C7H5BrF2O2S/c8-5-1-4(3-13-5)7(9,10)2-6(11)12/h1,3H,2H2,(H,11,12). The number of aliphatic carboxylic acids is 1. The lowest BCUT2D eigenvalue weighted by molar-refractivity contribution is -0.145. The molecule has 0 saturated carbocycles. The van der Waals surface area contributed by atoms with Crippen LogP contribution in [0.2, 0.25) is 0 Å². The van der Waals surface area contributed by atoms with Crippen molar-refractivity contribution in [3.05, 3.63) is 20.8 Å². The highest BCUT2D eigenvalue weighted by molar-refractivity contribution is 9.11. The van der Waals surface area contributed by atoms with Crippen LogP contribution in [0.3, 0.4) is 0 Å². The van der Waals surface area contributed by atoms with Crippen molar-refractivity contribution in [3.8, 4) is 0 Å². The molecule has 0 fully saturated rings. The summed E-state index contributed by atoms with van der Waals surface area (Å²) in [7, 11) is 0. The van der Waals surface area contributed by atoms with Gasteiger partial charge in [-0.05, 0) is 22.0 Å². The van der Waals surface area contributed by atoms with Crippen LogP contribution < -0.4 is 0 Å². The van der Waals surface area contributed by atoms with E-state index >= 15 is 0 Å². The van der Waals surface area contributed by atoms with Gasteiger partial charge in [0.1, 0.15) is 6.42 Å². The molecule has 1 N–H and O–H groups in total. The molecule has 13 heavy (non-hydrogen) atoms. The number of rotatable bonds is 3. The predicted octanol–water partition coefficient (Wildman–Crippen LogP) is 3.08. The molecule has 1 rings (SSSR count). The normalized spacial score (nSPS) is 11.6. The lowest BCUT2D eigenvalue weighted by atomic mass is 10.1. The predicted molar refractivity (Wildman–Crippen MR) is 48.2 cm³/mol. The van der Waals surface area contributed by atoms with Crippen LogP contribution in [0.15, 0.2) is 15.2 Å². The molecule has 0 aliphatic carbocycles. The van der Waals surface area contributed by atoms with E-state index in [4.69, 9.17) is 5.11 Å². The zero-order chi connectivity index (χ0) is 10.1. The largest absolute Gasteiger partial charge is 0.481 e. The molecule has 0 aliphatic rings. The number of alkyl halides is 2. The van der Waals surface area contributed by atoms with Crippen LogP contribution in [0.4, 0.5) is 8.78 Å². The number of carboxylic acid groups (broad SMARTS) is 1.